The number of nitrogens with two attached hydrogens (primary N) is 1. The van der Waals surface area contributed by atoms with Gasteiger partial charge in [0.15, 0.2) is 0 Å². The number of rotatable bonds is 4. The van der Waals surface area contributed by atoms with Crippen molar-refractivity contribution in [3.8, 4) is 0 Å². The zero-order valence-corrected chi connectivity index (χ0v) is 10.9. The second-order valence-electron chi connectivity index (χ2n) is 5.34. The van der Waals surface area contributed by atoms with Gasteiger partial charge in [0.25, 0.3) is 0 Å². The lowest BCUT2D eigenvalue weighted by Gasteiger charge is -2.36. The molecular weight excluding hydrogens is 231 g/mol. The molecule has 1 aromatic carbocycles. The summed E-state index contributed by atoms with van der Waals surface area (Å²) in [5, 5.41) is 9.29. The SMILES string of the molecule is C[C@@H](N)c1cccc(F)c1N(C)CC1CC(O)C1. The Morgan fingerprint density at radius 3 is 2.72 bits per heavy atom. The van der Waals surface area contributed by atoms with Gasteiger partial charge in [0, 0.05) is 19.6 Å². The van der Waals surface area contributed by atoms with Crippen molar-refractivity contribution < 1.29 is 9.50 Å². The normalized spacial score (nSPS) is 24.5. The summed E-state index contributed by atoms with van der Waals surface area (Å²) in [6.07, 6.45) is 1.45. The molecule has 0 radical (unpaired) electrons. The minimum Gasteiger partial charge on any atom is -0.393 e. The Labute approximate surface area is 107 Å². The zero-order chi connectivity index (χ0) is 13.3. The van der Waals surface area contributed by atoms with Crippen LogP contribution in [0.5, 0.6) is 0 Å². The fourth-order valence-corrected chi connectivity index (χ4v) is 2.63. The van der Waals surface area contributed by atoms with E-state index >= 15 is 0 Å². The van der Waals surface area contributed by atoms with Crippen LogP contribution in [0.2, 0.25) is 0 Å². The maximum Gasteiger partial charge on any atom is 0.146 e. The minimum atomic E-state index is -0.229. The molecule has 1 aliphatic rings. The molecule has 0 saturated heterocycles. The molecular formula is C14H21FN2O. The fraction of sp³-hybridized carbons (Fsp3) is 0.571. The first kappa shape index (κ1) is 13.3. The first-order valence-electron chi connectivity index (χ1n) is 6.42. The van der Waals surface area contributed by atoms with Crippen molar-refractivity contribution in [2.24, 2.45) is 11.7 Å². The number of aliphatic hydroxyl groups excluding tert-OH is 1. The number of aliphatic hydroxyl groups is 1. The second kappa shape index (κ2) is 5.24. The van der Waals surface area contributed by atoms with Crippen molar-refractivity contribution in [1.82, 2.24) is 0 Å². The third-order valence-corrected chi connectivity index (χ3v) is 3.63. The highest BCUT2D eigenvalue weighted by molar-refractivity contribution is 5.55. The van der Waals surface area contributed by atoms with Crippen molar-refractivity contribution in [3.05, 3.63) is 29.6 Å². The number of halogens is 1. The molecule has 100 valence electrons. The van der Waals surface area contributed by atoms with Crippen LogP contribution in [0.25, 0.3) is 0 Å². The molecule has 1 aliphatic carbocycles. The molecule has 1 atom stereocenters. The number of anilines is 1. The average molecular weight is 252 g/mol. The Balaban J connectivity index is 2.15. The van der Waals surface area contributed by atoms with Gasteiger partial charge in [0.05, 0.1) is 11.8 Å². The topological polar surface area (TPSA) is 49.5 Å². The fourth-order valence-electron chi connectivity index (χ4n) is 2.63. The first-order valence-corrected chi connectivity index (χ1v) is 6.42. The van der Waals surface area contributed by atoms with Crippen LogP contribution in [0, 0.1) is 11.7 Å². The van der Waals surface area contributed by atoms with Gasteiger partial charge in [0.1, 0.15) is 5.82 Å². The second-order valence-corrected chi connectivity index (χ2v) is 5.34. The van der Waals surface area contributed by atoms with Crippen LogP contribution < -0.4 is 10.6 Å². The van der Waals surface area contributed by atoms with Crippen molar-refractivity contribution in [3.63, 3.8) is 0 Å². The standard InChI is InChI=1S/C14H21FN2O/c1-9(16)12-4-3-5-13(15)14(12)17(2)8-10-6-11(18)7-10/h3-5,9-11,18H,6-8,16H2,1-2H3/t9-,10?,11?/m1/s1. The van der Waals surface area contributed by atoms with Gasteiger partial charge in [-0.3, -0.25) is 0 Å². The van der Waals surface area contributed by atoms with Gasteiger partial charge in [-0.25, -0.2) is 4.39 Å². The van der Waals surface area contributed by atoms with Gasteiger partial charge in [-0.2, -0.15) is 0 Å². The van der Waals surface area contributed by atoms with E-state index in [9.17, 15) is 9.50 Å². The molecule has 1 fully saturated rings. The summed E-state index contributed by atoms with van der Waals surface area (Å²) in [6.45, 7) is 2.62. The Hall–Kier alpha value is -1.13. The lowest BCUT2D eigenvalue weighted by Crippen LogP contribution is -2.37. The molecule has 3 nitrogen and oxygen atoms in total. The number of benzene rings is 1. The summed E-state index contributed by atoms with van der Waals surface area (Å²) < 4.78 is 14.0. The molecule has 0 heterocycles. The predicted octanol–water partition coefficient (Wildman–Crippen LogP) is 2.05. The van der Waals surface area contributed by atoms with E-state index in [0.29, 0.717) is 11.6 Å². The molecule has 0 aromatic heterocycles. The Morgan fingerprint density at radius 1 is 1.50 bits per heavy atom. The van der Waals surface area contributed by atoms with Gasteiger partial charge in [-0.1, -0.05) is 12.1 Å². The van der Waals surface area contributed by atoms with Crippen LogP contribution in [-0.4, -0.2) is 24.8 Å². The van der Waals surface area contributed by atoms with Crippen molar-refractivity contribution in [2.45, 2.75) is 31.9 Å². The molecule has 0 bridgehead atoms. The van der Waals surface area contributed by atoms with E-state index in [2.05, 4.69) is 0 Å². The molecule has 2 rings (SSSR count). The van der Waals surface area contributed by atoms with E-state index < -0.39 is 0 Å². The van der Waals surface area contributed by atoms with Crippen LogP contribution in [0.4, 0.5) is 10.1 Å². The van der Waals surface area contributed by atoms with Gasteiger partial charge >= 0.3 is 0 Å². The van der Waals surface area contributed by atoms with E-state index in [4.69, 9.17) is 5.73 Å². The lowest BCUT2D eigenvalue weighted by atomic mass is 9.82. The largest absolute Gasteiger partial charge is 0.393 e. The highest BCUT2D eigenvalue weighted by atomic mass is 19.1. The average Bonchev–Trinajstić information content (AvgIpc) is 2.26. The molecule has 3 N–H and O–H groups in total. The van der Waals surface area contributed by atoms with Crippen LogP contribution in [0.15, 0.2) is 18.2 Å². The van der Waals surface area contributed by atoms with Crippen LogP contribution in [-0.2, 0) is 0 Å². The number of hydrogen-bond donors (Lipinski definition) is 2. The van der Waals surface area contributed by atoms with E-state index in [1.54, 1.807) is 6.07 Å². The van der Waals surface area contributed by atoms with E-state index in [1.165, 1.54) is 6.07 Å². The van der Waals surface area contributed by atoms with Crippen LogP contribution in [0.3, 0.4) is 0 Å². The summed E-state index contributed by atoms with van der Waals surface area (Å²) in [5.41, 5.74) is 7.31. The van der Waals surface area contributed by atoms with E-state index in [0.717, 1.165) is 24.9 Å². The predicted molar refractivity (Wildman–Crippen MR) is 71.0 cm³/mol. The third kappa shape index (κ3) is 2.65. The molecule has 0 amide bonds. The molecule has 4 heteroatoms. The van der Waals surface area contributed by atoms with Gasteiger partial charge < -0.3 is 15.7 Å². The number of hydrogen-bond acceptors (Lipinski definition) is 3. The van der Waals surface area contributed by atoms with Gasteiger partial charge in [-0.05, 0) is 37.3 Å². The third-order valence-electron chi connectivity index (χ3n) is 3.63. The molecule has 1 aromatic rings. The smallest absolute Gasteiger partial charge is 0.146 e. The molecule has 18 heavy (non-hydrogen) atoms. The molecule has 0 spiro atoms. The Bertz CT molecular complexity index is 416. The van der Waals surface area contributed by atoms with Gasteiger partial charge in [-0.15, -0.1) is 0 Å². The number of para-hydroxylation sites is 1. The quantitative estimate of drug-likeness (QED) is 0.862. The first-order chi connectivity index (χ1) is 8.49. The summed E-state index contributed by atoms with van der Waals surface area (Å²) >= 11 is 0. The molecule has 1 saturated carbocycles. The maximum atomic E-state index is 14.0. The Morgan fingerprint density at radius 2 is 2.17 bits per heavy atom. The van der Waals surface area contributed by atoms with Crippen LogP contribution in [0.1, 0.15) is 31.4 Å². The van der Waals surface area contributed by atoms with Gasteiger partial charge in [0.2, 0.25) is 0 Å². The maximum absolute atomic E-state index is 14.0. The Kier molecular flexibility index (Phi) is 3.88. The van der Waals surface area contributed by atoms with Crippen molar-refractivity contribution >= 4 is 5.69 Å². The van der Waals surface area contributed by atoms with Crippen molar-refractivity contribution in [1.29, 1.82) is 0 Å². The summed E-state index contributed by atoms with van der Waals surface area (Å²) in [5.74, 6) is 0.220. The highest BCUT2D eigenvalue weighted by Crippen LogP contribution is 2.32. The molecule has 0 aliphatic heterocycles. The number of nitrogens with zero attached hydrogens (tertiary/aromatic N) is 1. The zero-order valence-electron chi connectivity index (χ0n) is 10.9. The van der Waals surface area contributed by atoms with Crippen molar-refractivity contribution in [2.75, 3.05) is 18.5 Å². The lowest BCUT2D eigenvalue weighted by molar-refractivity contribution is 0.0464. The summed E-state index contributed by atoms with van der Waals surface area (Å²) in [4.78, 5) is 1.92. The highest BCUT2D eigenvalue weighted by Gasteiger charge is 2.29. The van der Waals surface area contributed by atoms with Crippen LogP contribution >= 0.6 is 0 Å². The molecule has 0 unspecified atom stereocenters. The van der Waals surface area contributed by atoms with E-state index in [1.807, 2.05) is 24.9 Å². The summed E-state index contributed by atoms with van der Waals surface area (Å²) in [7, 11) is 1.88. The summed E-state index contributed by atoms with van der Waals surface area (Å²) in [6, 6.07) is 4.84. The monoisotopic (exact) mass is 252 g/mol. The minimum absolute atomic E-state index is 0.170. The van der Waals surface area contributed by atoms with E-state index in [-0.39, 0.29) is 18.0 Å².